The molecule has 0 aliphatic heterocycles. The number of rotatable bonds is 3. The summed E-state index contributed by atoms with van der Waals surface area (Å²) in [6, 6.07) is 18.4. The number of aromatic amines is 1. The highest BCUT2D eigenvalue weighted by molar-refractivity contribution is 6.31. The lowest BCUT2D eigenvalue weighted by molar-refractivity contribution is 0.300. The minimum absolute atomic E-state index is 0.457. The molecular formula is C24H27ClN2. The summed E-state index contributed by atoms with van der Waals surface area (Å²) in [5.74, 6) is 0.737. The van der Waals surface area contributed by atoms with Crippen LogP contribution in [0.3, 0.4) is 0 Å². The zero-order chi connectivity index (χ0) is 18.2. The number of hydrogen-bond donors (Lipinski definition) is 2. The summed E-state index contributed by atoms with van der Waals surface area (Å²) in [7, 11) is 0. The average Bonchev–Trinajstić information content (AvgIpc) is 3.08. The Balaban J connectivity index is 1.30. The molecule has 0 radical (unpaired) electrons. The Morgan fingerprint density at radius 1 is 0.926 bits per heavy atom. The van der Waals surface area contributed by atoms with E-state index in [1.807, 2.05) is 6.07 Å². The highest BCUT2D eigenvalue weighted by atomic mass is 35.5. The summed E-state index contributed by atoms with van der Waals surface area (Å²) in [4.78, 5) is 3.70. The molecule has 0 amide bonds. The van der Waals surface area contributed by atoms with Crippen molar-refractivity contribution in [2.24, 2.45) is 0 Å². The van der Waals surface area contributed by atoms with Gasteiger partial charge in [-0.2, -0.15) is 0 Å². The van der Waals surface area contributed by atoms with Crippen LogP contribution in [0.25, 0.3) is 10.9 Å². The lowest BCUT2D eigenvalue weighted by Gasteiger charge is -2.34. The molecule has 1 atom stereocenters. The lowest BCUT2D eigenvalue weighted by atomic mass is 9.81. The predicted octanol–water partition coefficient (Wildman–Crippen LogP) is 6.51. The van der Waals surface area contributed by atoms with E-state index in [1.165, 1.54) is 66.2 Å². The molecule has 1 unspecified atom stereocenters. The van der Waals surface area contributed by atoms with Crippen LogP contribution in [0.2, 0.25) is 5.02 Å². The number of H-pyrrole nitrogens is 1. The first-order valence-electron chi connectivity index (χ1n) is 10.4. The number of benzene rings is 2. The van der Waals surface area contributed by atoms with E-state index in [-0.39, 0.29) is 0 Å². The van der Waals surface area contributed by atoms with Crippen LogP contribution in [0.1, 0.15) is 67.3 Å². The van der Waals surface area contributed by atoms with Crippen molar-refractivity contribution in [1.82, 2.24) is 10.3 Å². The summed E-state index contributed by atoms with van der Waals surface area (Å²) in [5, 5.41) is 6.15. The first kappa shape index (κ1) is 17.3. The van der Waals surface area contributed by atoms with Crippen LogP contribution in [-0.4, -0.2) is 11.0 Å². The maximum atomic E-state index is 6.24. The molecule has 3 heteroatoms. The number of fused-ring (bicyclic) bond motifs is 3. The van der Waals surface area contributed by atoms with Crippen molar-refractivity contribution >= 4 is 22.5 Å². The number of halogens is 1. The van der Waals surface area contributed by atoms with E-state index in [4.69, 9.17) is 11.6 Å². The molecule has 1 saturated carbocycles. The van der Waals surface area contributed by atoms with E-state index in [9.17, 15) is 0 Å². The molecular weight excluding hydrogens is 352 g/mol. The maximum Gasteiger partial charge on any atom is 0.0478 e. The van der Waals surface area contributed by atoms with Gasteiger partial charge in [-0.25, -0.2) is 0 Å². The zero-order valence-corrected chi connectivity index (χ0v) is 16.4. The largest absolute Gasteiger partial charge is 0.357 e. The standard InChI is InChI=1S/C24H27ClN2/c25-18-11-14-22-21(15-18)20-7-4-8-23(24(20)27-22)26-19-12-9-17(10-13-19)16-5-2-1-3-6-16/h1-3,5-6,11,14-15,17,19,23,26-27H,4,7-10,12-13H2. The van der Waals surface area contributed by atoms with Crippen molar-refractivity contribution in [3.05, 3.63) is 70.4 Å². The number of hydrogen-bond acceptors (Lipinski definition) is 1. The molecule has 0 saturated heterocycles. The summed E-state index contributed by atoms with van der Waals surface area (Å²) in [6.07, 6.45) is 8.78. The molecule has 0 spiro atoms. The molecule has 2 nitrogen and oxygen atoms in total. The summed E-state index contributed by atoms with van der Waals surface area (Å²) in [6.45, 7) is 0. The monoisotopic (exact) mass is 378 g/mol. The molecule has 2 aliphatic carbocycles. The third kappa shape index (κ3) is 3.41. The third-order valence-corrected chi connectivity index (χ3v) is 6.84. The van der Waals surface area contributed by atoms with Crippen molar-refractivity contribution in [1.29, 1.82) is 0 Å². The average molecular weight is 379 g/mol. The van der Waals surface area contributed by atoms with Crippen molar-refractivity contribution in [2.45, 2.75) is 62.9 Å². The van der Waals surface area contributed by atoms with E-state index in [2.05, 4.69) is 52.8 Å². The van der Waals surface area contributed by atoms with Crippen molar-refractivity contribution in [3.63, 3.8) is 0 Å². The second-order valence-corrected chi connectivity index (χ2v) is 8.71. The molecule has 140 valence electrons. The molecule has 0 bridgehead atoms. The second-order valence-electron chi connectivity index (χ2n) is 8.28. The number of aryl methyl sites for hydroxylation is 1. The van der Waals surface area contributed by atoms with Crippen molar-refractivity contribution in [3.8, 4) is 0 Å². The van der Waals surface area contributed by atoms with Gasteiger partial charge in [-0.15, -0.1) is 0 Å². The Morgan fingerprint density at radius 2 is 1.74 bits per heavy atom. The second kappa shape index (κ2) is 7.33. The van der Waals surface area contributed by atoms with Crippen LogP contribution in [-0.2, 0) is 6.42 Å². The Kier molecular flexibility index (Phi) is 4.71. The molecule has 2 N–H and O–H groups in total. The van der Waals surface area contributed by atoms with Gasteiger partial charge in [0.15, 0.2) is 0 Å². The minimum atomic E-state index is 0.457. The van der Waals surface area contributed by atoms with Gasteiger partial charge in [0.1, 0.15) is 0 Å². The van der Waals surface area contributed by atoms with E-state index in [0.29, 0.717) is 12.1 Å². The lowest BCUT2D eigenvalue weighted by Crippen LogP contribution is -2.37. The number of aromatic nitrogens is 1. The quantitative estimate of drug-likeness (QED) is 0.533. The van der Waals surface area contributed by atoms with E-state index < -0.39 is 0 Å². The fraction of sp³-hybridized carbons (Fsp3) is 0.417. The van der Waals surface area contributed by atoms with Crippen molar-refractivity contribution in [2.75, 3.05) is 0 Å². The molecule has 2 aromatic carbocycles. The van der Waals surface area contributed by atoms with Gasteiger partial charge in [0, 0.05) is 33.7 Å². The molecule has 2 aliphatic rings. The number of nitrogens with one attached hydrogen (secondary N) is 2. The summed E-state index contributed by atoms with van der Waals surface area (Å²) in [5.41, 5.74) is 5.63. The van der Waals surface area contributed by atoms with E-state index >= 15 is 0 Å². The first-order chi connectivity index (χ1) is 13.3. The van der Waals surface area contributed by atoms with Crippen LogP contribution in [0.4, 0.5) is 0 Å². The molecule has 27 heavy (non-hydrogen) atoms. The molecule has 1 aromatic heterocycles. The van der Waals surface area contributed by atoms with Crippen LogP contribution >= 0.6 is 11.6 Å². The Labute approximate surface area is 166 Å². The maximum absolute atomic E-state index is 6.24. The van der Waals surface area contributed by atoms with E-state index in [1.54, 1.807) is 0 Å². The predicted molar refractivity (Wildman–Crippen MR) is 114 cm³/mol. The molecule has 1 heterocycles. The highest BCUT2D eigenvalue weighted by Gasteiger charge is 2.28. The van der Waals surface area contributed by atoms with Gasteiger partial charge in [-0.1, -0.05) is 41.9 Å². The Hall–Kier alpha value is -1.77. The highest BCUT2D eigenvalue weighted by Crippen LogP contribution is 2.38. The van der Waals surface area contributed by atoms with Crippen LogP contribution in [0.5, 0.6) is 0 Å². The zero-order valence-electron chi connectivity index (χ0n) is 15.7. The topological polar surface area (TPSA) is 27.8 Å². The molecule has 3 aromatic rings. The fourth-order valence-electron chi connectivity index (χ4n) is 5.20. The SMILES string of the molecule is Clc1ccc2[nH]c3c(c2c1)CCCC3NC1CCC(c2ccccc2)CC1. The van der Waals surface area contributed by atoms with Gasteiger partial charge >= 0.3 is 0 Å². The normalized spacial score (nSPS) is 25.4. The van der Waals surface area contributed by atoms with Crippen LogP contribution in [0, 0.1) is 0 Å². The van der Waals surface area contributed by atoms with Crippen LogP contribution < -0.4 is 5.32 Å². The van der Waals surface area contributed by atoms with Gasteiger partial charge < -0.3 is 10.3 Å². The van der Waals surface area contributed by atoms with Gasteiger partial charge in [-0.05, 0) is 80.2 Å². The molecule has 5 rings (SSSR count). The Morgan fingerprint density at radius 3 is 2.56 bits per heavy atom. The van der Waals surface area contributed by atoms with Gasteiger partial charge in [-0.3, -0.25) is 0 Å². The van der Waals surface area contributed by atoms with Gasteiger partial charge in [0.05, 0.1) is 0 Å². The van der Waals surface area contributed by atoms with Crippen molar-refractivity contribution < 1.29 is 0 Å². The Bertz CT molecular complexity index is 922. The summed E-state index contributed by atoms with van der Waals surface area (Å²) < 4.78 is 0. The summed E-state index contributed by atoms with van der Waals surface area (Å²) >= 11 is 6.24. The third-order valence-electron chi connectivity index (χ3n) is 6.60. The van der Waals surface area contributed by atoms with Crippen LogP contribution in [0.15, 0.2) is 48.5 Å². The smallest absolute Gasteiger partial charge is 0.0478 e. The fourth-order valence-corrected chi connectivity index (χ4v) is 5.38. The minimum Gasteiger partial charge on any atom is -0.357 e. The van der Waals surface area contributed by atoms with E-state index in [0.717, 1.165) is 17.4 Å². The van der Waals surface area contributed by atoms with Gasteiger partial charge in [0.2, 0.25) is 0 Å². The molecule has 1 fully saturated rings. The first-order valence-corrected chi connectivity index (χ1v) is 10.8. The van der Waals surface area contributed by atoms with Gasteiger partial charge in [0.25, 0.3) is 0 Å².